The predicted octanol–water partition coefficient (Wildman–Crippen LogP) is 0.832. The lowest BCUT2D eigenvalue weighted by Crippen LogP contribution is -2.17. The summed E-state index contributed by atoms with van der Waals surface area (Å²) in [5.74, 6) is -0.505. The monoisotopic (exact) mass is 366 g/mol. The van der Waals surface area contributed by atoms with E-state index in [0.717, 1.165) is 12.8 Å². The van der Waals surface area contributed by atoms with Gasteiger partial charge in [-0.1, -0.05) is 6.58 Å². The number of nitrogens with one attached hydrogen (secondary N) is 1. The molecule has 134 valence electrons. The smallest absolute Gasteiger partial charge is 0.358 e. The summed E-state index contributed by atoms with van der Waals surface area (Å²) in [7, 11) is -4.37. The van der Waals surface area contributed by atoms with Crippen molar-refractivity contribution in [2.24, 2.45) is 0 Å². The lowest BCUT2D eigenvalue weighted by Gasteiger charge is -2.15. The average molecular weight is 366 g/mol. The van der Waals surface area contributed by atoms with Crippen molar-refractivity contribution in [3.8, 4) is 0 Å². The molecule has 1 saturated carbocycles. The molecule has 11 heteroatoms. The fraction of sp³-hybridized carbons (Fsp3) is 0.500. The van der Waals surface area contributed by atoms with E-state index < -0.39 is 19.5 Å². The minimum Gasteiger partial charge on any atom is -0.368 e. The molecule has 5 N–H and O–H groups in total. The fourth-order valence-corrected chi connectivity index (χ4v) is 3.89. The first-order valence-electron chi connectivity index (χ1n) is 7.94. The van der Waals surface area contributed by atoms with E-state index in [4.69, 9.17) is 10.5 Å². The molecule has 2 aliphatic rings. The summed E-state index contributed by atoms with van der Waals surface area (Å²) < 4.78 is 18.7. The molecule has 10 nitrogen and oxygen atoms in total. The molecule has 1 saturated heterocycles. The van der Waals surface area contributed by atoms with Gasteiger partial charge in [-0.25, -0.2) is 4.98 Å². The van der Waals surface area contributed by atoms with Gasteiger partial charge in [0.2, 0.25) is 5.95 Å². The van der Waals surface area contributed by atoms with Crippen LogP contribution in [-0.4, -0.2) is 47.3 Å². The van der Waals surface area contributed by atoms with Gasteiger partial charge in [0, 0.05) is 6.04 Å². The van der Waals surface area contributed by atoms with Gasteiger partial charge >= 0.3 is 7.60 Å². The molecule has 2 atom stereocenters. The van der Waals surface area contributed by atoms with Gasteiger partial charge in [0.05, 0.1) is 19.0 Å². The number of fused-ring (bicyclic) bond motifs is 1. The standard InChI is InChI=1S/C14H19N6O4P/c1-7-4-9(24-13(7)25(21,22)23)5-20-6-16-10-11(17-8-2-3-8)18-14(15)19-12(10)20/h6,8-9,13H,1-5H2,(H2,21,22,23)(H3,15,17,18,19)/t9-,13?/m1/s1. The maximum atomic E-state index is 11.4. The highest BCUT2D eigenvalue weighted by Gasteiger charge is 2.40. The van der Waals surface area contributed by atoms with Crippen molar-refractivity contribution in [3.63, 3.8) is 0 Å². The maximum Gasteiger partial charge on any atom is 0.358 e. The molecule has 0 spiro atoms. The van der Waals surface area contributed by atoms with Crippen LogP contribution in [0.25, 0.3) is 11.2 Å². The molecule has 1 aliphatic carbocycles. The summed E-state index contributed by atoms with van der Waals surface area (Å²) in [6.07, 6.45) is 3.73. The summed E-state index contributed by atoms with van der Waals surface area (Å²) in [6, 6.07) is 0.396. The van der Waals surface area contributed by atoms with Crippen LogP contribution in [0.1, 0.15) is 19.3 Å². The Labute approximate surface area is 143 Å². The van der Waals surface area contributed by atoms with E-state index in [1.807, 2.05) is 0 Å². The number of nitrogens with two attached hydrogens (primary N) is 1. The van der Waals surface area contributed by atoms with Crippen LogP contribution in [0.5, 0.6) is 0 Å². The fourth-order valence-electron chi connectivity index (χ4n) is 2.98. The van der Waals surface area contributed by atoms with Gasteiger partial charge in [-0.05, 0) is 24.8 Å². The number of nitrogens with zero attached hydrogens (tertiary/aromatic N) is 4. The number of ether oxygens (including phenoxy) is 1. The number of anilines is 2. The third kappa shape index (κ3) is 3.25. The number of hydrogen-bond acceptors (Lipinski definition) is 7. The molecule has 0 amide bonds. The second-order valence-corrected chi connectivity index (χ2v) is 8.13. The van der Waals surface area contributed by atoms with E-state index in [0.29, 0.717) is 41.6 Å². The second kappa shape index (κ2) is 5.77. The molecule has 0 bridgehead atoms. The predicted molar refractivity (Wildman–Crippen MR) is 90.8 cm³/mol. The number of rotatable bonds is 5. The highest BCUT2D eigenvalue weighted by molar-refractivity contribution is 7.52. The Bertz CT molecular complexity index is 889. The molecule has 1 unspecified atom stereocenters. The number of aromatic nitrogens is 4. The first-order valence-corrected chi connectivity index (χ1v) is 9.62. The molecule has 2 aromatic rings. The molecule has 2 aromatic heterocycles. The Morgan fingerprint density at radius 3 is 2.84 bits per heavy atom. The van der Waals surface area contributed by atoms with Crippen molar-refractivity contribution in [3.05, 3.63) is 18.5 Å². The third-order valence-corrected chi connectivity index (χ3v) is 5.36. The topological polar surface area (TPSA) is 148 Å². The number of imidazole rings is 1. The van der Waals surface area contributed by atoms with Gasteiger partial charge in [0.25, 0.3) is 0 Å². The first kappa shape index (κ1) is 16.5. The highest BCUT2D eigenvalue weighted by atomic mass is 31.2. The molecule has 1 aliphatic heterocycles. The lowest BCUT2D eigenvalue weighted by atomic mass is 10.2. The first-order chi connectivity index (χ1) is 11.8. The normalized spacial score (nSPS) is 24.2. The van der Waals surface area contributed by atoms with Crippen LogP contribution in [-0.2, 0) is 15.8 Å². The van der Waals surface area contributed by atoms with Gasteiger partial charge < -0.3 is 30.1 Å². The minimum atomic E-state index is -4.37. The quantitative estimate of drug-likeness (QED) is 0.446. The van der Waals surface area contributed by atoms with Gasteiger partial charge in [-0.15, -0.1) is 0 Å². The molecular weight excluding hydrogens is 347 g/mol. The van der Waals surface area contributed by atoms with Crippen molar-refractivity contribution in [2.45, 2.75) is 43.8 Å². The van der Waals surface area contributed by atoms with Crippen LogP contribution >= 0.6 is 7.60 Å². The largest absolute Gasteiger partial charge is 0.368 e. The zero-order chi connectivity index (χ0) is 17.8. The zero-order valence-corrected chi connectivity index (χ0v) is 14.3. The lowest BCUT2D eigenvalue weighted by molar-refractivity contribution is 0.0665. The molecule has 4 rings (SSSR count). The zero-order valence-electron chi connectivity index (χ0n) is 13.4. The van der Waals surface area contributed by atoms with Crippen molar-refractivity contribution < 1.29 is 19.1 Å². The number of hydrogen-bond donors (Lipinski definition) is 4. The molecule has 2 fully saturated rings. The summed E-state index contributed by atoms with van der Waals surface area (Å²) in [4.78, 5) is 31.5. The van der Waals surface area contributed by atoms with Crippen molar-refractivity contribution in [1.82, 2.24) is 19.5 Å². The van der Waals surface area contributed by atoms with Crippen LogP contribution in [0.4, 0.5) is 11.8 Å². The van der Waals surface area contributed by atoms with Crippen molar-refractivity contribution in [2.75, 3.05) is 11.1 Å². The van der Waals surface area contributed by atoms with Gasteiger partial charge in [-0.2, -0.15) is 9.97 Å². The van der Waals surface area contributed by atoms with Crippen LogP contribution in [0, 0.1) is 0 Å². The molecule has 25 heavy (non-hydrogen) atoms. The SMILES string of the molecule is C=C1C[C@H](Cn2cnc3c(NC4CC4)nc(N)nc32)OC1P(=O)(O)O. The third-order valence-electron chi connectivity index (χ3n) is 4.27. The van der Waals surface area contributed by atoms with Crippen LogP contribution < -0.4 is 11.1 Å². The Kier molecular flexibility index (Phi) is 3.80. The summed E-state index contributed by atoms with van der Waals surface area (Å²) in [5, 5.41) is 3.29. The van der Waals surface area contributed by atoms with Crippen LogP contribution in [0.2, 0.25) is 0 Å². The Morgan fingerprint density at radius 2 is 2.20 bits per heavy atom. The molecule has 3 heterocycles. The van der Waals surface area contributed by atoms with E-state index in [1.54, 1.807) is 10.9 Å². The summed E-state index contributed by atoms with van der Waals surface area (Å²) in [5.41, 5.74) is 7.38. The molecule has 0 radical (unpaired) electrons. The van der Waals surface area contributed by atoms with Gasteiger partial charge in [-0.3, -0.25) is 4.57 Å². The Hall–Kier alpha value is -2.00. The average Bonchev–Trinajstić information content (AvgIpc) is 3.11. The van der Waals surface area contributed by atoms with Crippen molar-refractivity contribution >= 4 is 30.5 Å². The summed E-state index contributed by atoms with van der Waals surface area (Å²) >= 11 is 0. The van der Waals surface area contributed by atoms with Crippen LogP contribution in [0.15, 0.2) is 18.5 Å². The van der Waals surface area contributed by atoms with Crippen LogP contribution in [0.3, 0.4) is 0 Å². The van der Waals surface area contributed by atoms with E-state index >= 15 is 0 Å². The Morgan fingerprint density at radius 1 is 1.44 bits per heavy atom. The van der Waals surface area contributed by atoms with Gasteiger partial charge in [0.1, 0.15) is 0 Å². The van der Waals surface area contributed by atoms with E-state index in [2.05, 4.69) is 26.8 Å². The number of nitrogen functional groups attached to an aromatic ring is 1. The molecule has 0 aromatic carbocycles. The second-order valence-electron chi connectivity index (χ2n) is 6.48. The van der Waals surface area contributed by atoms with Crippen molar-refractivity contribution in [1.29, 1.82) is 0 Å². The highest BCUT2D eigenvalue weighted by Crippen LogP contribution is 2.50. The Balaban J connectivity index is 1.59. The van der Waals surface area contributed by atoms with E-state index in [-0.39, 0.29) is 5.95 Å². The van der Waals surface area contributed by atoms with Gasteiger partial charge in [0.15, 0.2) is 22.8 Å². The minimum absolute atomic E-state index is 0.141. The molecular formula is C14H19N6O4P. The van der Waals surface area contributed by atoms with E-state index in [1.165, 1.54) is 0 Å². The van der Waals surface area contributed by atoms with E-state index in [9.17, 15) is 14.4 Å². The summed E-state index contributed by atoms with van der Waals surface area (Å²) in [6.45, 7) is 4.05. The maximum absolute atomic E-state index is 11.4.